The van der Waals surface area contributed by atoms with Crippen LogP contribution >= 0.6 is 0 Å². The highest BCUT2D eigenvalue weighted by molar-refractivity contribution is 7.89. The lowest BCUT2D eigenvalue weighted by atomic mass is 10.2. The molecule has 1 N–H and O–H groups in total. The van der Waals surface area contributed by atoms with Gasteiger partial charge in [0.05, 0.1) is 6.61 Å². The van der Waals surface area contributed by atoms with E-state index in [9.17, 15) is 8.42 Å². The number of sulfonamides is 1. The molecule has 0 atom stereocenters. The topological polar surface area (TPSA) is 70.5 Å². The largest absolute Gasteiger partial charge is 0.392 e. The SMILES string of the molecule is CCCCCN(C(C)C)S(=O)(=O)c1ccc(CO)cn1. The van der Waals surface area contributed by atoms with Gasteiger partial charge in [0, 0.05) is 18.8 Å². The Kier molecular flexibility index (Phi) is 6.58. The Balaban J connectivity index is 2.96. The zero-order chi connectivity index (χ0) is 15.2. The number of aliphatic hydroxyl groups excluding tert-OH is 1. The van der Waals surface area contributed by atoms with Gasteiger partial charge in [0.1, 0.15) is 0 Å². The van der Waals surface area contributed by atoms with Crippen LogP contribution in [0.1, 0.15) is 45.6 Å². The fourth-order valence-corrected chi connectivity index (χ4v) is 3.54. The lowest BCUT2D eigenvalue weighted by Crippen LogP contribution is -2.38. The Hall–Kier alpha value is -0.980. The number of rotatable bonds is 8. The molecule has 0 amide bonds. The lowest BCUT2D eigenvalue weighted by molar-refractivity contribution is 0.281. The number of unbranched alkanes of at least 4 members (excludes halogenated alkanes) is 2. The first-order chi connectivity index (χ1) is 9.43. The van der Waals surface area contributed by atoms with Gasteiger partial charge in [-0.15, -0.1) is 0 Å². The van der Waals surface area contributed by atoms with Gasteiger partial charge in [-0.25, -0.2) is 13.4 Å². The molecular weight excluding hydrogens is 276 g/mol. The van der Waals surface area contributed by atoms with Crippen molar-refractivity contribution in [2.24, 2.45) is 0 Å². The molecule has 0 aromatic carbocycles. The van der Waals surface area contributed by atoms with Crippen molar-refractivity contribution >= 4 is 10.0 Å². The summed E-state index contributed by atoms with van der Waals surface area (Å²) in [6.07, 6.45) is 4.31. The Labute approximate surface area is 121 Å². The molecule has 0 unspecified atom stereocenters. The van der Waals surface area contributed by atoms with Crippen LogP contribution in [0.4, 0.5) is 0 Å². The summed E-state index contributed by atoms with van der Waals surface area (Å²) in [4.78, 5) is 3.96. The Bertz CT molecular complexity index is 498. The fraction of sp³-hybridized carbons (Fsp3) is 0.643. The third kappa shape index (κ3) is 4.26. The number of aromatic nitrogens is 1. The molecule has 0 aliphatic heterocycles. The summed E-state index contributed by atoms with van der Waals surface area (Å²) < 4.78 is 26.6. The lowest BCUT2D eigenvalue weighted by Gasteiger charge is -2.25. The maximum Gasteiger partial charge on any atom is 0.260 e. The minimum absolute atomic E-state index is 0.0416. The van der Waals surface area contributed by atoms with Crippen LogP contribution in [0, 0.1) is 0 Å². The van der Waals surface area contributed by atoms with Crippen molar-refractivity contribution in [2.45, 2.75) is 57.7 Å². The van der Waals surface area contributed by atoms with Crippen LogP contribution in [0.3, 0.4) is 0 Å². The standard InChI is InChI=1S/C14H24N2O3S/c1-4-5-6-9-16(12(2)3)20(18,19)14-8-7-13(11-17)10-15-14/h7-8,10,12,17H,4-6,9,11H2,1-3H3. The van der Waals surface area contributed by atoms with E-state index in [2.05, 4.69) is 11.9 Å². The first-order valence-corrected chi connectivity index (χ1v) is 8.45. The molecule has 5 nitrogen and oxygen atoms in total. The molecule has 0 bridgehead atoms. The Morgan fingerprint density at radius 3 is 2.45 bits per heavy atom. The van der Waals surface area contributed by atoms with E-state index in [1.54, 1.807) is 6.07 Å². The van der Waals surface area contributed by atoms with Crippen LogP contribution in [0.15, 0.2) is 23.4 Å². The van der Waals surface area contributed by atoms with E-state index < -0.39 is 10.0 Å². The highest BCUT2D eigenvalue weighted by atomic mass is 32.2. The van der Waals surface area contributed by atoms with Crippen LogP contribution in [0.5, 0.6) is 0 Å². The van der Waals surface area contributed by atoms with Gasteiger partial charge < -0.3 is 5.11 Å². The zero-order valence-electron chi connectivity index (χ0n) is 12.4. The fourth-order valence-electron chi connectivity index (χ4n) is 1.95. The van der Waals surface area contributed by atoms with E-state index >= 15 is 0 Å². The van der Waals surface area contributed by atoms with E-state index in [0.717, 1.165) is 19.3 Å². The van der Waals surface area contributed by atoms with Crippen molar-refractivity contribution in [1.29, 1.82) is 0 Å². The van der Waals surface area contributed by atoms with Crippen molar-refractivity contribution < 1.29 is 13.5 Å². The van der Waals surface area contributed by atoms with Crippen LogP contribution in [0.2, 0.25) is 0 Å². The highest BCUT2D eigenvalue weighted by Crippen LogP contribution is 2.17. The van der Waals surface area contributed by atoms with Gasteiger partial charge in [-0.3, -0.25) is 0 Å². The quantitative estimate of drug-likeness (QED) is 0.747. The number of hydrogen-bond donors (Lipinski definition) is 1. The van der Waals surface area contributed by atoms with E-state index in [-0.39, 0.29) is 17.7 Å². The van der Waals surface area contributed by atoms with Gasteiger partial charge in [0.15, 0.2) is 5.03 Å². The van der Waals surface area contributed by atoms with Crippen LogP contribution in [-0.4, -0.2) is 35.4 Å². The third-order valence-corrected chi connectivity index (χ3v) is 5.10. The predicted octanol–water partition coefficient (Wildman–Crippen LogP) is 2.16. The molecule has 20 heavy (non-hydrogen) atoms. The summed E-state index contributed by atoms with van der Waals surface area (Å²) in [7, 11) is -3.57. The van der Waals surface area contributed by atoms with E-state index in [4.69, 9.17) is 5.11 Å². The maximum absolute atomic E-state index is 12.6. The van der Waals surface area contributed by atoms with Gasteiger partial charge in [0.25, 0.3) is 10.0 Å². The summed E-state index contributed by atoms with van der Waals surface area (Å²) in [5.41, 5.74) is 0.603. The van der Waals surface area contributed by atoms with Crippen LogP contribution in [0.25, 0.3) is 0 Å². The van der Waals surface area contributed by atoms with Crippen molar-refractivity contribution in [1.82, 2.24) is 9.29 Å². The molecule has 0 fully saturated rings. The summed E-state index contributed by atoms with van der Waals surface area (Å²) in [5, 5.41) is 9.01. The normalized spacial score (nSPS) is 12.3. The second-order valence-corrected chi connectivity index (χ2v) is 6.92. The third-order valence-electron chi connectivity index (χ3n) is 3.11. The average molecular weight is 300 g/mol. The maximum atomic E-state index is 12.6. The first kappa shape index (κ1) is 17.1. The number of nitrogens with zero attached hydrogens (tertiary/aromatic N) is 2. The molecule has 1 aromatic rings. The molecule has 0 aliphatic carbocycles. The van der Waals surface area contributed by atoms with E-state index in [0.29, 0.717) is 12.1 Å². The highest BCUT2D eigenvalue weighted by Gasteiger charge is 2.27. The number of pyridine rings is 1. The average Bonchev–Trinajstić information content (AvgIpc) is 2.43. The molecule has 0 aliphatic rings. The van der Waals surface area contributed by atoms with Crippen molar-refractivity contribution in [3.63, 3.8) is 0 Å². The second kappa shape index (κ2) is 7.71. The predicted molar refractivity (Wildman–Crippen MR) is 78.7 cm³/mol. The summed E-state index contributed by atoms with van der Waals surface area (Å²) in [6, 6.07) is 2.94. The first-order valence-electron chi connectivity index (χ1n) is 7.01. The molecule has 0 saturated carbocycles. The molecule has 0 saturated heterocycles. The van der Waals surface area contributed by atoms with Crippen LogP contribution < -0.4 is 0 Å². The monoisotopic (exact) mass is 300 g/mol. The van der Waals surface area contributed by atoms with Gasteiger partial charge in [-0.05, 0) is 31.9 Å². The Morgan fingerprint density at radius 1 is 1.30 bits per heavy atom. The molecule has 0 radical (unpaired) electrons. The molecule has 0 spiro atoms. The van der Waals surface area contributed by atoms with Crippen LogP contribution in [-0.2, 0) is 16.6 Å². The molecule has 1 aromatic heterocycles. The van der Waals surface area contributed by atoms with Gasteiger partial charge in [0.2, 0.25) is 0 Å². The summed E-state index contributed by atoms with van der Waals surface area (Å²) >= 11 is 0. The minimum Gasteiger partial charge on any atom is -0.392 e. The molecule has 114 valence electrons. The van der Waals surface area contributed by atoms with Crippen molar-refractivity contribution in [3.8, 4) is 0 Å². The Morgan fingerprint density at radius 2 is 2.00 bits per heavy atom. The smallest absolute Gasteiger partial charge is 0.260 e. The molecule has 6 heteroatoms. The van der Waals surface area contributed by atoms with Crippen molar-refractivity contribution in [3.05, 3.63) is 23.9 Å². The van der Waals surface area contributed by atoms with Gasteiger partial charge in [-0.1, -0.05) is 25.8 Å². The molecule has 1 heterocycles. The summed E-state index contributed by atoms with van der Waals surface area (Å²) in [6.45, 7) is 6.19. The van der Waals surface area contributed by atoms with Gasteiger partial charge in [-0.2, -0.15) is 4.31 Å². The van der Waals surface area contributed by atoms with E-state index in [1.807, 2.05) is 13.8 Å². The minimum atomic E-state index is -3.57. The zero-order valence-corrected chi connectivity index (χ0v) is 13.2. The van der Waals surface area contributed by atoms with Crippen molar-refractivity contribution in [2.75, 3.05) is 6.54 Å². The molecular formula is C14H24N2O3S. The number of hydrogen-bond acceptors (Lipinski definition) is 4. The second-order valence-electron chi connectivity index (χ2n) is 5.08. The summed E-state index contributed by atoms with van der Waals surface area (Å²) in [5.74, 6) is 0. The van der Waals surface area contributed by atoms with E-state index in [1.165, 1.54) is 16.6 Å². The number of aliphatic hydroxyl groups is 1. The van der Waals surface area contributed by atoms with Gasteiger partial charge >= 0.3 is 0 Å². The molecule has 1 rings (SSSR count).